The minimum Gasteiger partial charge on any atom is -0.503 e. The fourth-order valence-electron chi connectivity index (χ4n) is 6.39. The molecule has 2 aromatic heterocycles. The van der Waals surface area contributed by atoms with E-state index >= 15 is 13.2 Å². The molecule has 6 aromatic rings. The van der Waals surface area contributed by atoms with Gasteiger partial charge in [0.05, 0.1) is 17.0 Å². The van der Waals surface area contributed by atoms with Crippen LogP contribution in [0.25, 0.3) is 21.8 Å². The third-order valence-electron chi connectivity index (χ3n) is 8.71. The minimum atomic E-state index is -1.74. The van der Waals surface area contributed by atoms with E-state index in [9.17, 15) is 34.1 Å². The van der Waals surface area contributed by atoms with Crippen LogP contribution in [0.2, 0.25) is 10.0 Å². The molecule has 1 atom stereocenters. The molecule has 0 aliphatic heterocycles. The third kappa shape index (κ3) is 5.54. The lowest BCUT2D eigenvalue weighted by molar-refractivity contribution is -0.139. The maximum atomic E-state index is 15.8. The number of rotatable bonds is 7. The summed E-state index contributed by atoms with van der Waals surface area (Å²) in [6.45, 7) is 2.76. The molecule has 8 nitrogen and oxygen atoms in total. The standard InChI is InChI=1S/C36H24Cl2F4N2O6/c1-15-13-23-29(41)33(46)28(40)22(31(23)43(15)34(47)17-3-7-19(37)8-4-17)12-11-21(36(49)50)26-16(2)44(35(48)18-5-9-20(38)10-6-18)25-14-24(39)32(45)30(42)27(25)26/h3-10,13-14,21,45-46H,11-12H2,1-2H3,(H,49,50). The SMILES string of the molecule is Cc1c(C(CCc2c(F)c(O)c(F)c3cc(C)n(C(=O)c4ccc(Cl)cc4)c23)C(=O)O)c2c(F)c(O)c(F)cc2n1C(=O)c1ccc(Cl)cc1. The Morgan fingerprint density at radius 1 is 0.760 bits per heavy atom. The van der Waals surface area contributed by atoms with Gasteiger partial charge in [-0.1, -0.05) is 23.2 Å². The number of hydrogen-bond acceptors (Lipinski definition) is 5. The van der Waals surface area contributed by atoms with Crippen LogP contribution in [-0.4, -0.2) is 42.2 Å². The number of aromatic hydroxyl groups is 2. The van der Waals surface area contributed by atoms with Crippen LogP contribution in [0.5, 0.6) is 11.5 Å². The molecule has 0 saturated heterocycles. The number of aromatic nitrogens is 2. The first-order chi connectivity index (χ1) is 23.6. The summed E-state index contributed by atoms with van der Waals surface area (Å²) in [6, 6.07) is 13.1. The molecule has 50 heavy (non-hydrogen) atoms. The van der Waals surface area contributed by atoms with Gasteiger partial charge in [-0.2, -0.15) is 0 Å². The van der Waals surface area contributed by atoms with Crippen LogP contribution in [-0.2, 0) is 11.2 Å². The second-order valence-electron chi connectivity index (χ2n) is 11.6. The van der Waals surface area contributed by atoms with E-state index in [0.29, 0.717) is 16.1 Å². The second kappa shape index (κ2) is 12.8. The van der Waals surface area contributed by atoms with Crippen LogP contribution in [0, 0.1) is 37.1 Å². The number of carbonyl (C=O) groups is 3. The predicted octanol–water partition coefficient (Wildman–Crippen LogP) is 8.67. The zero-order chi connectivity index (χ0) is 36.3. The lowest BCUT2D eigenvalue weighted by atomic mass is 9.89. The van der Waals surface area contributed by atoms with Gasteiger partial charge < -0.3 is 15.3 Å². The van der Waals surface area contributed by atoms with E-state index in [-0.39, 0.29) is 44.5 Å². The zero-order valence-electron chi connectivity index (χ0n) is 26.0. The number of phenolic OH excluding ortho intramolecular Hbond substituents is 2. The van der Waals surface area contributed by atoms with Crippen LogP contribution in [0.4, 0.5) is 17.6 Å². The molecule has 2 heterocycles. The van der Waals surface area contributed by atoms with Gasteiger partial charge in [-0.25, -0.2) is 17.6 Å². The van der Waals surface area contributed by atoms with E-state index in [1.54, 1.807) is 0 Å². The number of carboxylic acids is 1. The molecule has 0 amide bonds. The van der Waals surface area contributed by atoms with Gasteiger partial charge in [-0.3, -0.25) is 23.5 Å². The Balaban J connectivity index is 1.53. The zero-order valence-corrected chi connectivity index (χ0v) is 27.5. The van der Waals surface area contributed by atoms with Gasteiger partial charge in [-0.15, -0.1) is 0 Å². The molecule has 6 rings (SSSR count). The lowest BCUT2D eigenvalue weighted by Gasteiger charge is -2.17. The largest absolute Gasteiger partial charge is 0.503 e. The minimum absolute atomic E-state index is 0.0365. The van der Waals surface area contributed by atoms with E-state index in [1.165, 1.54) is 68.4 Å². The number of nitrogens with zero attached hydrogens (tertiary/aromatic N) is 2. The summed E-state index contributed by atoms with van der Waals surface area (Å²) >= 11 is 11.9. The first kappa shape index (κ1) is 34.5. The maximum Gasteiger partial charge on any atom is 0.311 e. The number of halogens is 6. The fraction of sp³-hybridized carbons (Fsp3) is 0.139. The van der Waals surface area contributed by atoms with E-state index in [2.05, 4.69) is 0 Å². The molecular formula is C36H24Cl2F4N2O6. The van der Waals surface area contributed by atoms with Crippen LogP contribution in [0.3, 0.4) is 0 Å². The number of aliphatic carboxylic acids is 1. The van der Waals surface area contributed by atoms with Crippen molar-refractivity contribution < 1.29 is 47.3 Å². The molecule has 4 aromatic carbocycles. The van der Waals surface area contributed by atoms with Gasteiger partial charge in [0.2, 0.25) is 0 Å². The second-order valence-corrected chi connectivity index (χ2v) is 12.5. The molecule has 0 spiro atoms. The monoisotopic (exact) mass is 726 g/mol. The Labute approximate surface area is 290 Å². The normalized spacial score (nSPS) is 12.2. The summed E-state index contributed by atoms with van der Waals surface area (Å²) < 4.78 is 63.4. The molecule has 1 unspecified atom stereocenters. The summed E-state index contributed by atoms with van der Waals surface area (Å²) in [5.74, 6) is -13.3. The van der Waals surface area contributed by atoms with Gasteiger partial charge >= 0.3 is 5.97 Å². The van der Waals surface area contributed by atoms with Crippen molar-refractivity contribution >= 4 is 62.8 Å². The molecule has 0 aliphatic carbocycles. The van der Waals surface area contributed by atoms with Gasteiger partial charge in [0.1, 0.15) is 0 Å². The Morgan fingerprint density at radius 2 is 1.30 bits per heavy atom. The molecule has 0 bridgehead atoms. The van der Waals surface area contributed by atoms with Crippen molar-refractivity contribution in [3.63, 3.8) is 0 Å². The molecule has 0 saturated carbocycles. The number of carbonyl (C=O) groups excluding carboxylic acids is 2. The van der Waals surface area contributed by atoms with E-state index in [0.717, 1.165) is 9.13 Å². The molecule has 3 N–H and O–H groups in total. The number of carboxylic acid groups (broad SMARTS) is 1. The summed E-state index contributed by atoms with van der Waals surface area (Å²) in [5.41, 5.74) is -1.23. The summed E-state index contributed by atoms with van der Waals surface area (Å²) in [4.78, 5) is 40.2. The Morgan fingerprint density at radius 3 is 1.84 bits per heavy atom. The summed E-state index contributed by atoms with van der Waals surface area (Å²) in [5, 5.41) is 30.8. The smallest absolute Gasteiger partial charge is 0.311 e. The van der Waals surface area contributed by atoms with Crippen LogP contribution < -0.4 is 0 Å². The highest BCUT2D eigenvalue weighted by Crippen LogP contribution is 2.42. The maximum absolute atomic E-state index is 15.8. The highest BCUT2D eigenvalue weighted by molar-refractivity contribution is 6.31. The van der Waals surface area contributed by atoms with Crippen molar-refractivity contribution in [1.29, 1.82) is 0 Å². The summed E-state index contributed by atoms with van der Waals surface area (Å²) in [6.07, 6.45) is -1.12. The average Bonchev–Trinajstić information content (AvgIpc) is 3.57. The van der Waals surface area contributed by atoms with Crippen molar-refractivity contribution in [3.05, 3.63) is 128 Å². The highest BCUT2D eigenvalue weighted by atomic mass is 35.5. The lowest BCUT2D eigenvalue weighted by Crippen LogP contribution is -2.18. The molecule has 0 aliphatic rings. The van der Waals surface area contributed by atoms with Gasteiger partial charge in [-0.05, 0) is 86.8 Å². The molecule has 256 valence electrons. The Bertz CT molecular complexity index is 2400. The van der Waals surface area contributed by atoms with Crippen molar-refractivity contribution in [1.82, 2.24) is 9.13 Å². The Hall–Kier alpha value is -5.33. The van der Waals surface area contributed by atoms with Crippen LogP contribution >= 0.6 is 23.2 Å². The van der Waals surface area contributed by atoms with Gasteiger partial charge in [0, 0.05) is 55.0 Å². The van der Waals surface area contributed by atoms with Crippen molar-refractivity contribution in [2.75, 3.05) is 0 Å². The predicted molar refractivity (Wildman–Crippen MR) is 178 cm³/mol. The van der Waals surface area contributed by atoms with Crippen molar-refractivity contribution in [2.24, 2.45) is 0 Å². The first-order valence-corrected chi connectivity index (χ1v) is 15.7. The highest BCUT2D eigenvalue weighted by Gasteiger charge is 2.34. The first-order valence-electron chi connectivity index (χ1n) is 14.9. The topological polar surface area (TPSA) is 122 Å². The van der Waals surface area contributed by atoms with Crippen molar-refractivity contribution in [3.8, 4) is 11.5 Å². The van der Waals surface area contributed by atoms with E-state index < -0.39 is 82.3 Å². The van der Waals surface area contributed by atoms with Crippen LogP contribution in [0.15, 0.2) is 60.7 Å². The number of benzene rings is 4. The number of aryl methyl sites for hydroxylation is 2. The van der Waals surface area contributed by atoms with Gasteiger partial charge in [0.25, 0.3) is 11.8 Å². The molecule has 0 fully saturated rings. The third-order valence-corrected chi connectivity index (χ3v) is 9.22. The van der Waals surface area contributed by atoms with E-state index in [1.807, 2.05) is 0 Å². The van der Waals surface area contributed by atoms with Gasteiger partial charge in [0.15, 0.2) is 34.8 Å². The average molecular weight is 727 g/mol. The van der Waals surface area contributed by atoms with E-state index in [4.69, 9.17) is 23.2 Å². The Kier molecular flexibility index (Phi) is 8.87. The molecule has 0 radical (unpaired) electrons. The fourth-order valence-corrected chi connectivity index (χ4v) is 6.64. The molecular weight excluding hydrogens is 703 g/mol. The summed E-state index contributed by atoms with van der Waals surface area (Å²) in [7, 11) is 0. The number of phenols is 2. The number of hydrogen-bond donors (Lipinski definition) is 3. The number of fused-ring (bicyclic) bond motifs is 2. The van der Waals surface area contributed by atoms with Crippen molar-refractivity contribution in [2.45, 2.75) is 32.6 Å². The quantitative estimate of drug-likeness (QED) is 0.142. The van der Waals surface area contributed by atoms with Crippen LogP contribution in [0.1, 0.15) is 55.6 Å². The molecule has 14 heteroatoms.